The van der Waals surface area contributed by atoms with Crippen LogP contribution in [0.15, 0.2) is 52.6 Å². The van der Waals surface area contributed by atoms with E-state index in [0.717, 1.165) is 24.1 Å². The highest BCUT2D eigenvalue weighted by Crippen LogP contribution is 2.45. The molecule has 0 amide bonds. The van der Waals surface area contributed by atoms with E-state index in [1.54, 1.807) is 31.7 Å². The van der Waals surface area contributed by atoms with Crippen molar-refractivity contribution in [3.05, 3.63) is 47.6 Å². The number of aliphatic imine (C=N–C) groups is 1. The molecule has 0 saturated carbocycles. The van der Waals surface area contributed by atoms with Crippen molar-refractivity contribution in [1.82, 2.24) is 0 Å². The topological polar surface area (TPSA) is 109 Å². The first-order chi connectivity index (χ1) is 19.9. The van der Waals surface area contributed by atoms with Crippen molar-refractivity contribution in [1.29, 1.82) is 0 Å². The number of aldehydes is 1. The van der Waals surface area contributed by atoms with Crippen molar-refractivity contribution in [2.75, 3.05) is 7.11 Å². The summed E-state index contributed by atoms with van der Waals surface area (Å²) in [5.74, 6) is -1.05. The third-order valence-corrected chi connectivity index (χ3v) is 8.88. The quantitative estimate of drug-likeness (QED) is 0.0321. The number of thiol groups is 1. The third-order valence-electron chi connectivity index (χ3n) is 8.62. The Balaban J connectivity index is 2.89. The molecule has 1 saturated heterocycles. The highest BCUT2D eigenvalue weighted by atomic mass is 32.1. The lowest BCUT2D eigenvalue weighted by Gasteiger charge is -2.37. The van der Waals surface area contributed by atoms with Gasteiger partial charge in [-0.25, -0.2) is 0 Å². The van der Waals surface area contributed by atoms with Crippen LogP contribution in [-0.2, 0) is 19.1 Å². The van der Waals surface area contributed by atoms with Gasteiger partial charge in [-0.15, -0.1) is 19.2 Å². The van der Waals surface area contributed by atoms with Crippen LogP contribution in [0, 0.1) is 17.3 Å². The van der Waals surface area contributed by atoms with Gasteiger partial charge in [-0.1, -0.05) is 51.8 Å². The number of carbonyl (C=O) groups is 2. The molecule has 7 nitrogen and oxygen atoms in total. The third kappa shape index (κ3) is 10.7. The molecule has 1 aliphatic heterocycles. The number of ketones is 1. The van der Waals surface area contributed by atoms with Gasteiger partial charge >= 0.3 is 0 Å². The van der Waals surface area contributed by atoms with E-state index in [2.05, 4.69) is 31.1 Å². The lowest BCUT2D eigenvalue weighted by Crippen LogP contribution is -2.47. The number of epoxide rings is 1. The highest BCUT2D eigenvalue weighted by Gasteiger charge is 2.56. The van der Waals surface area contributed by atoms with Gasteiger partial charge in [0.05, 0.1) is 35.0 Å². The van der Waals surface area contributed by atoms with Crippen LogP contribution in [-0.4, -0.2) is 65.6 Å². The van der Waals surface area contributed by atoms with Crippen LogP contribution in [0.4, 0.5) is 0 Å². The van der Waals surface area contributed by atoms with Gasteiger partial charge < -0.3 is 24.5 Å². The Bertz CT molecular complexity index is 991. The number of aliphatic hydroxyl groups excluding tert-OH is 2. The molecular formula is C34H55NO6S. The number of ether oxygens (including phenoxy) is 2. The Hall–Kier alpha value is -1.84. The Kier molecular flexibility index (Phi) is 17.0. The fourth-order valence-electron chi connectivity index (χ4n) is 5.98. The summed E-state index contributed by atoms with van der Waals surface area (Å²) in [5, 5.41) is 23.7. The lowest BCUT2D eigenvalue weighted by molar-refractivity contribution is -0.145. The normalized spacial score (nSPS) is 24.7. The van der Waals surface area contributed by atoms with Crippen LogP contribution >= 0.6 is 12.6 Å². The minimum absolute atomic E-state index is 0.0568. The fourth-order valence-corrected chi connectivity index (χ4v) is 6.12. The van der Waals surface area contributed by atoms with E-state index in [9.17, 15) is 19.8 Å². The Morgan fingerprint density at radius 2 is 1.98 bits per heavy atom. The summed E-state index contributed by atoms with van der Waals surface area (Å²) in [5.41, 5.74) is 0.396. The van der Waals surface area contributed by atoms with Gasteiger partial charge in [0.1, 0.15) is 18.2 Å². The smallest absolute Gasteiger partial charge is 0.147 e. The van der Waals surface area contributed by atoms with Gasteiger partial charge in [-0.3, -0.25) is 9.79 Å². The molecule has 1 heterocycles. The number of rotatable bonds is 22. The molecule has 0 aliphatic carbocycles. The van der Waals surface area contributed by atoms with E-state index < -0.39 is 23.5 Å². The van der Waals surface area contributed by atoms with Crippen molar-refractivity contribution in [3.8, 4) is 0 Å². The predicted octanol–water partition coefficient (Wildman–Crippen LogP) is 6.60. The van der Waals surface area contributed by atoms with Crippen molar-refractivity contribution in [2.45, 2.75) is 123 Å². The second-order valence-corrected chi connectivity index (χ2v) is 12.2. The first-order valence-electron chi connectivity index (χ1n) is 15.2. The van der Waals surface area contributed by atoms with Crippen molar-refractivity contribution in [2.24, 2.45) is 22.2 Å². The molecule has 8 unspecified atom stereocenters. The largest absolute Gasteiger partial charge is 0.392 e. The number of Topliss-reactive ketones (excluding diaryl/α,β-unsaturated/α-hetero) is 1. The summed E-state index contributed by atoms with van der Waals surface area (Å²) >= 11 is 4.27. The zero-order chi connectivity index (χ0) is 31.9. The first-order valence-corrected chi connectivity index (χ1v) is 15.8. The summed E-state index contributed by atoms with van der Waals surface area (Å²) in [6.45, 7) is 15.3. The maximum absolute atomic E-state index is 13.7. The predicted molar refractivity (Wildman–Crippen MR) is 175 cm³/mol. The molecular weight excluding hydrogens is 550 g/mol. The molecule has 8 heteroatoms. The molecule has 238 valence electrons. The van der Waals surface area contributed by atoms with Crippen LogP contribution < -0.4 is 0 Å². The molecule has 0 aromatic rings. The SMILES string of the molecule is C=CCC(C(=O)C(C)(CCC)C(O)CC=O)C(O)C(C)CCCC1(C)OC1C(CC(/C=C\C)=C/C(=C/S)N=CC)OC. The van der Waals surface area contributed by atoms with E-state index in [1.807, 2.05) is 45.9 Å². The van der Waals surface area contributed by atoms with Crippen LogP contribution in [0.1, 0.15) is 92.9 Å². The molecule has 1 rings (SSSR count). The molecule has 8 atom stereocenters. The monoisotopic (exact) mass is 605 g/mol. The molecule has 0 radical (unpaired) electrons. The van der Waals surface area contributed by atoms with Gasteiger partial charge in [0.15, 0.2) is 0 Å². The Labute approximate surface area is 259 Å². The summed E-state index contributed by atoms with van der Waals surface area (Å²) in [7, 11) is 1.70. The maximum Gasteiger partial charge on any atom is 0.147 e. The number of aliphatic hydroxyl groups is 2. The minimum atomic E-state index is -1.10. The average Bonchev–Trinajstić information content (AvgIpc) is 3.63. The van der Waals surface area contributed by atoms with Crippen LogP contribution in [0.5, 0.6) is 0 Å². The van der Waals surface area contributed by atoms with Crippen molar-refractivity contribution >= 4 is 30.9 Å². The van der Waals surface area contributed by atoms with Gasteiger partial charge in [0, 0.05) is 32.1 Å². The van der Waals surface area contributed by atoms with Crippen LogP contribution in [0.2, 0.25) is 0 Å². The molecule has 0 aromatic carbocycles. The van der Waals surface area contributed by atoms with Gasteiger partial charge in [0.25, 0.3) is 0 Å². The van der Waals surface area contributed by atoms with Crippen molar-refractivity contribution < 1.29 is 29.3 Å². The standard InChI is InChI=1S/C34H55NO6S/c1-9-14-25(21-26(23-42)35-12-4)22-28(40-8)32-34(7,41-32)19-13-16-24(5)30(38)27(15-10-2)31(39)33(6,18-11-3)29(37)17-20-36/h9-10,12,14,20-21,23-24,27-30,32,37-38,42H,2,11,13,15-19,22H2,1,3-8H3/b14-9-,25-21+,26-23-,35-12?. The second kappa shape index (κ2) is 18.7. The highest BCUT2D eigenvalue weighted by molar-refractivity contribution is 7.83. The Morgan fingerprint density at radius 3 is 2.50 bits per heavy atom. The summed E-state index contributed by atoms with van der Waals surface area (Å²) in [6.07, 6.45) is 12.2. The number of nitrogens with zero attached hydrogens (tertiary/aromatic N) is 1. The summed E-state index contributed by atoms with van der Waals surface area (Å²) in [4.78, 5) is 29.2. The zero-order valence-corrected chi connectivity index (χ0v) is 27.7. The Morgan fingerprint density at radius 1 is 1.29 bits per heavy atom. The van der Waals surface area contributed by atoms with Gasteiger partial charge in [-0.05, 0) is 69.4 Å². The number of hydrogen-bond donors (Lipinski definition) is 3. The van der Waals surface area contributed by atoms with Crippen LogP contribution in [0.25, 0.3) is 0 Å². The van der Waals surface area contributed by atoms with Crippen molar-refractivity contribution in [3.63, 3.8) is 0 Å². The molecule has 0 aromatic heterocycles. The second-order valence-electron chi connectivity index (χ2n) is 11.9. The molecule has 42 heavy (non-hydrogen) atoms. The number of carbonyl (C=O) groups excluding carboxylic acids is 2. The van der Waals surface area contributed by atoms with E-state index in [0.29, 0.717) is 38.4 Å². The number of allylic oxidation sites excluding steroid dienone is 4. The van der Waals surface area contributed by atoms with E-state index in [4.69, 9.17) is 9.47 Å². The number of methoxy groups -OCH3 is 1. The van der Waals surface area contributed by atoms with E-state index in [1.165, 1.54) is 0 Å². The maximum atomic E-state index is 13.7. The molecule has 0 bridgehead atoms. The minimum Gasteiger partial charge on any atom is -0.392 e. The lowest BCUT2D eigenvalue weighted by atomic mass is 9.68. The van der Waals surface area contributed by atoms with Crippen LogP contribution in [0.3, 0.4) is 0 Å². The van der Waals surface area contributed by atoms with Gasteiger partial charge in [-0.2, -0.15) is 0 Å². The molecule has 0 spiro atoms. The van der Waals surface area contributed by atoms with Gasteiger partial charge in [0.2, 0.25) is 0 Å². The van der Waals surface area contributed by atoms with E-state index in [-0.39, 0.29) is 35.9 Å². The molecule has 1 fully saturated rings. The number of hydrogen-bond acceptors (Lipinski definition) is 8. The molecule has 2 N–H and O–H groups in total. The summed E-state index contributed by atoms with van der Waals surface area (Å²) < 4.78 is 12.0. The zero-order valence-electron chi connectivity index (χ0n) is 26.8. The fraction of sp³-hybridized carbons (Fsp3) is 0.676. The van der Waals surface area contributed by atoms with E-state index >= 15 is 0 Å². The first kappa shape index (κ1) is 38.2. The summed E-state index contributed by atoms with van der Waals surface area (Å²) in [6, 6.07) is 0. The molecule has 1 aliphatic rings. The average molecular weight is 606 g/mol.